The smallest absolute Gasteiger partial charge is 0.303 e. The van der Waals surface area contributed by atoms with Crippen molar-refractivity contribution in [2.24, 2.45) is 0 Å². The molecule has 0 heterocycles. The van der Waals surface area contributed by atoms with Crippen molar-refractivity contribution in [2.45, 2.75) is 83.7 Å². The topological polar surface area (TPSA) is 57.5 Å². The predicted molar refractivity (Wildman–Crippen MR) is 88.4 cm³/mol. The van der Waals surface area contributed by atoms with Gasteiger partial charge in [0.25, 0.3) is 0 Å². The molecule has 0 aromatic rings. The third-order valence-electron chi connectivity index (χ3n) is 3.41. The number of carbonyl (C=O) groups is 1. The van der Waals surface area contributed by atoms with Crippen LogP contribution in [0.1, 0.15) is 77.6 Å². The minimum absolute atomic E-state index is 0.257. The number of hydrogen-bond donors (Lipinski definition) is 2. The molecule has 0 aliphatic heterocycles. The molecule has 0 bridgehead atoms. The van der Waals surface area contributed by atoms with Gasteiger partial charge in [-0.05, 0) is 32.1 Å². The zero-order chi connectivity index (χ0) is 15.8. The fourth-order valence-corrected chi connectivity index (χ4v) is 2.12. The van der Waals surface area contributed by atoms with E-state index >= 15 is 0 Å². The van der Waals surface area contributed by atoms with Crippen molar-refractivity contribution in [3.63, 3.8) is 0 Å². The van der Waals surface area contributed by atoms with Crippen LogP contribution in [0.25, 0.3) is 0 Å². The van der Waals surface area contributed by atoms with Gasteiger partial charge < -0.3 is 10.2 Å². The summed E-state index contributed by atoms with van der Waals surface area (Å²) in [5, 5.41) is 18.3. The van der Waals surface area contributed by atoms with E-state index in [1.54, 1.807) is 0 Å². The number of allylic oxidation sites excluding steroid dienone is 3. The molecule has 0 radical (unpaired) electrons. The Morgan fingerprint density at radius 1 is 1.00 bits per heavy atom. The molecule has 0 saturated heterocycles. The lowest BCUT2D eigenvalue weighted by Gasteiger charge is -2.04. The van der Waals surface area contributed by atoms with E-state index in [4.69, 9.17) is 5.11 Å². The number of aliphatic carboxylic acids is 1. The molecule has 2 N–H and O–H groups in total. The van der Waals surface area contributed by atoms with Gasteiger partial charge in [0, 0.05) is 6.42 Å². The Bertz CT molecular complexity index is 295. The molecule has 21 heavy (non-hydrogen) atoms. The van der Waals surface area contributed by atoms with Crippen LogP contribution < -0.4 is 0 Å². The van der Waals surface area contributed by atoms with Crippen LogP contribution in [0.15, 0.2) is 24.3 Å². The van der Waals surface area contributed by atoms with E-state index in [2.05, 4.69) is 19.1 Å². The van der Waals surface area contributed by atoms with Gasteiger partial charge in [-0.1, -0.05) is 63.3 Å². The van der Waals surface area contributed by atoms with Gasteiger partial charge in [0.2, 0.25) is 0 Å². The van der Waals surface area contributed by atoms with Crippen molar-refractivity contribution < 1.29 is 15.0 Å². The fourth-order valence-electron chi connectivity index (χ4n) is 2.12. The molecule has 0 amide bonds. The van der Waals surface area contributed by atoms with E-state index in [-0.39, 0.29) is 12.5 Å². The number of carboxylic acids is 1. The minimum Gasteiger partial charge on any atom is -0.481 e. The van der Waals surface area contributed by atoms with E-state index in [1.807, 2.05) is 12.2 Å². The second-order valence-electron chi connectivity index (χ2n) is 5.55. The molecule has 0 spiro atoms. The van der Waals surface area contributed by atoms with Crippen molar-refractivity contribution >= 4 is 5.97 Å². The largest absolute Gasteiger partial charge is 0.481 e. The zero-order valence-electron chi connectivity index (χ0n) is 13.5. The van der Waals surface area contributed by atoms with Crippen molar-refractivity contribution in [1.82, 2.24) is 0 Å². The van der Waals surface area contributed by atoms with Crippen LogP contribution in [-0.4, -0.2) is 22.3 Å². The molecule has 0 aromatic heterocycles. The Labute approximate surface area is 129 Å². The summed E-state index contributed by atoms with van der Waals surface area (Å²) in [6.45, 7) is 2.21. The lowest BCUT2D eigenvalue weighted by Crippen LogP contribution is -2.01. The highest BCUT2D eigenvalue weighted by Crippen LogP contribution is 2.08. The summed E-state index contributed by atoms with van der Waals surface area (Å²) in [5.41, 5.74) is 0. The summed E-state index contributed by atoms with van der Waals surface area (Å²) in [4.78, 5) is 10.3. The third kappa shape index (κ3) is 16.9. The highest BCUT2D eigenvalue weighted by molar-refractivity contribution is 5.66. The van der Waals surface area contributed by atoms with Crippen molar-refractivity contribution in [3.8, 4) is 0 Å². The maximum atomic E-state index is 10.3. The van der Waals surface area contributed by atoms with Gasteiger partial charge in [0.05, 0.1) is 6.10 Å². The predicted octanol–water partition coefficient (Wildman–Crippen LogP) is 4.86. The van der Waals surface area contributed by atoms with E-state index in [9.17, 15) is 9.90 Å². The van der Waals surface area contributed by atoms with Crippen LogP contribution in [0.2, 0.25) is 0 Å². The maximum absolute atomic E-state index is 10.3. The first kappa shape index (κ1) is 19.9. The lowest BCUT2D eigenvalue weighted by molar-refractivity contribution is -0.137. The molecule has 0 saturated carbocycles. The van der Waals surface area contributed by atoms with Crippen LogP contribution in [0, 0.1) is 0 Å². The summed E-state index contributed by atoms with van der Waals surface area (Å²) >= 11 is 0. The van der Waals surface area contributed by atoms with Gasteiger partial charge >= 0.3 is 5.97 Å². The first-order valence-electron chi connectivity index (χ1n) is 8.38. The number of rotatable bonds is 14. The summed E-state index contributed by atoms with van der Waals surface area (Å²) in [6, 6.07) is 0. The molecule has 3 nitrogen and oxygen atoms in total. The van der Waals surface area contributed by atoms with Crippen LogP contribution in [-0.2, 0) is 4.79 Å². The first-order chi connectivity index (χ1) is 10.2. The van der Waals surface area contributed by atoms with Gasteiger partial charge in [0.15, 0.2) is 0 Å². The molecule has 0 aliphatic carbocycles. The molecule has 3 heteroatoms. The Kier molecular flexibility index (Phi) is 14.5. The number of aliphatic hydroxyl groups excluding tert-OH is 1. The quantitative estimate of drug-likeness (QED) is 0.355. The van der Waals surface area contributed by atoms with Crippen LogP contribution in [0.5, 0.6) is 0 Å². The van der Waals surface area contributed by atoms with Crippen LogP contribution >= 0.6 is 0 Å². The molecule has 0 rings (SSSR count). The van der Waals surface area contributed by atoms with E-state index in [1.165, 1.54) is 19.3 Å². The molecule has 0 unspecified atom stereocenters. The molecule has 0 fully saturated rings. The fraction of sp³-hybridized carbons (Fsp3) is 0.722. The lowest BCUT2D eigenvalue weighted by atomic mass is 10.1. The minimum atomic E-state index is -0.722. The first-order valence-corrected chi connectivity index (χ1v) is 8.38. The molecular formula is C18H32O3. The Morgan fingerprint density at radius 2 is 1.76 bits per heavy atom. The van der Waals surface area contributed by atoms with E-state index in [0.29, 0.717) is 0 Å². The average Bonchev–Trinajstić information content (AvgIpc) is 2.45. The Balaban J connectivity index is 3.41. The Hall–Kier alpha value is -1.09. The van der Waals surface area contributed by atoms with Gasteiger partial charge in [-0.25, -0.2) is 0 Å². The average molecular weight is 296 g/mol. The summed E-state index contributed by atoms with van der Waals surface area (Å²) < 4.78 is 0. The van der Waals surface area contributed by atoms with Crippen molar-refractivity contribution in [1.29, 1.82) is 0 Å². The molecular weight excluding hydrogens is 264 g/mol. The number of aliphatic hydroxyl groups is 1. The van der Waals surface area contributed by atoms with Gasteiger partial charge in [-0.2, -0.15) is 0 Å². The summed E-state index contributed by atoms with van der Waals surface area (Å²) in [5.74, 6) is -0.722. The molecule has 0 aliphatic rings. The second-order valence-corrected chi connectivity index (χ2v) is 5.55. The summed E-state index contributed by atoms with van der Waals surface area (Å²) in [7, 11) is 0. The maximum Gasteiger partial charge on any atom is 0.303 e. The number of unbranched alkanes of at least 4 members (excludes halogenated alkanes) is 6. The normalized spacial score (nSPS) is 13.2. The molecule has 0 aromatic carbocycles. The molecule has 1 atom stereocenters. The van der Waals surface area contributed by atoms with E-state index in [0.717, 1.165) is 44.9 Å². The Morgan fingerprint density at radius 3 is 2.48 bits per heavy atom. The van der Waals surface area contributed by atoms with Gasteiger partial charge in [-0.3, -0.25) is 4.79 Å². The van der Waals surface area contributed by atoms with Crippen molar-refractivity contribution in [3.05, 3.63) is 24.3 Å². The summed E-state index contributed by atoms with van der Waals surface area (Å²) in [6.07, 6.45) is 18.4. The van der Waals surface area contributed by atoms with E-state index < -0.39 is 5.97 Å². The SMILES string of the molecule is CCCCCC=CCC=C[C@H](O)CCCCCCC(=O)O. The highest BCUT2D eigenvalue weighted by atomic mass is 16.4. The standard InChI is InChI=1S/C18H32O3/c1-2-3-4-5-6-7-8-11-14-17(19)15-12-9-10-13-16-18(20)21/h6-7,11,14,17,19H,2-5,8-10,12-13,15-16H2,1H3,(H,20,21)/t17-/m0/s1. The van der Waals surface area contributed by atoms with Gasteiger partial charge in [-0.15, -0.1) is 0 Å². The zero-order valence-corrected chi connectivity index (χ0v) is 13.5. The number of carboxylic acid groups (broad SMARTS) is 1. The van der Waals surface area contributed by atoms with Crippen LogP contribution in [0.3, 0.4) is 0 Å². The second kappa shape index (κ2) is 15.3. The monoisotopic (exact) mass is 296 g/mol. The molecule has 122 valence electrons. The number of hydrogen-bond acceptors (Lipinski definition) is 2. The third-order valence-corrected chi connectivity index (χ3v) is 3.41. The van der Waals surface area contributed by atoms with Gasteiger partial charge in [0.1, 0.15) is 0 Å². The van der Waals surface area contributed by atoms with Crippen LogP contribution in [0.4, 0.5) is 0 Å². The van der Waals surface area contributed by atoms with Crippen molar-refractivity contribution in [2.75, 3.05) is 0 Å². The highest BCUT2D eigenvalue weighted by Gasteiger charge is 2.00.